The highest BCUT2D eigenvalue weighted by molar-refractivity contribution is 14.1. The second-order valence-electron chi connectivity index (χ2n) is 5.37. The van der Waals surface area contributed by atoms with Crippen LogP contribution in [0.1, 0.15) is 11.1 Å². The summed E-state index contributed by atoms with van der Waals surface area (Å²) >= 11 is 8.10. The zero-order valence-corrected chi connectivity index (χ0v) is 17.0. The van der Waals surface area contributed by atoms with Crippen LogP contribution in [0.3, 0.4) is 0 Å². The summed E-state index contributed by atoms with van der Waals surface area (Å²) in [5.41, 5.74) is 2.17. The number of nitrogens with zero attached hydrogens (tertiary/aromatic N) is 1. The molecule has 0 aromatic heterocycles. The third-order valence-corrected chi connectivity index (χ3v) is 4.51. The number of anilines is 1. The summed E-state index contributed by atoms with van der Waals surface area (Å²) in [6.45, 7) is 5.88. The van der Waals surface area contributed by atoms with Gasteiger partial charge in [0.2, 0.25) is 0 Å². The van der Waals surface area contributed by atoms with Gasteiger partial charge in [0, 0.05) is 10.7 Å². The average Bonchev–Trinajstić information content (AvgIpc) is 2.62. The number of hydrogen-bond donors (Lipinski definition) is 1. The fourth-order valence-corrected chi connectivity index (χ4v) is 2.97. The van der Waals surface area contributed by atoms with Crippen LogP contribution < -0.4 is 10.1 Å². The first-order chi connectivity index (χ1) is 12.4. The van der Waals surface area contributed by atoms with E-state index in [-0.39, 0.29) is 5.57 Å². The minimum Gasteiger partial charge on any atom is -0.488 e. The van der Waals surface area contributed by atoms with Gasteiger partial charge in [0.1, 0.15) is 24.0 Å². The number of amides is 1. The normalized spacial score (nSPS) is 10.8. The van der Waals surface area contributed by atoms with E-state index in [9.17, 15) is 10.1 Å². The van der Waals surface area contributed by atoms with E-state index in [1.54, 1.807) is 36.4 Å². The molecule has 1 N–H and O–H groups in total. The molecule has 0 unspecified atom stereocenters. The summed E-state index contributed by atoms with van der Waals surface area (Å²) in [7, 11) is 0. The number of halogens is 2. The molecule has 0 saturated heterocycles. The van der Waals surface area contributed by atoms with Gasteiger partial charge in [-0.05, 0) is 71.0 Å². The molecule has 2 aromatic rings. The van der Waals surface area contributed by atoms with E-state index in [0.717, 1.165) is 20.4 Å². The fraction of sp³-hybridized carbons (Fsp3) is 0.100. The highest BCUT2D eigenvalue weighted by Crippen LogP contribution is 2.24. The number of rotatable bonds is 6. The lowest BCUT2D eigenvalue weighted by Crippen LogP contribution is -2.14. The van der Waals surface area contributed by atoms with Crippen molar-refractivity contribution in [1.29, 1.82) is 5.26 Å². The van der Waals surface area contributed by atoms with Gasteiger partial charge in [-0.1, -0.05) is 36.4 Å². The molecular formula is C20H16ClIN2O2. The minimum absolute atomic E-state index is 0.0000598. The van der Waals surface area contributed by atoms with Crippen molar-refractivity contribution < 1.29 is 9.53 Å². The van der Waals surface area contributed by atoms with Gasteiger partial charge in [0.15, 0.2) is 0 Å². The zero-order valence-electron chi connectivity index (χ0n) is 14.1. The van der Waals surface area contributed by atoms with E-state index in [2.05, 4.69) is 34.5 Å². The molecule has 4 nitrogen and oxygen atoms in total. The maximum absolute atomic E-state index is 12.4. The van der Waals surface area contributed by atoms with Crippen LogP contribution in [0.5, 0.6) is 5.75 Å². The van der Waals surface area contributed by atoms with Crippen LogP contribution in [0.15, 0.2) is 54.6 Å². The molecule has 0 aliphatic heterocycles. The van der Waals surface area contributed by atoms with E-state index >= 15 is 0 Å². The molecule has 2 rings (SSSR count). The van der Waals surface area contributed by atoms with Crippen molar-refractivity contribution in [3.8, 4) is 11.8 Å². The summed E-state index contributed by atoms with van der Waals surface area (Å²) in [4.78, 5) is 12.4. The van der Waals surface area contributed by atoms with Crippen LogP contribution in [-0.4, -0.2) is 12.5 Å². The molecule has 132 valence electrons. The maximum atomic E-state index is 12.4. The number of benzene rings is 2. The van der Waals surface area contributed by atoms with Crippen molar-refractivity contribution in [2.45, 2.75) is 6.92 Å². The second kappa shape index (κ2) is 9.41. The Morgan fingerprint density at radius 1 is 1.38 bits per heavy atom. The van der Waals surface area contributed by atoms with Crippen molar-refractivity contribution in [3.05, 3.63) is 74.3 Å². The highest BCUT2D eigenvalue weighted by Gasteiger charge is 2.12. The van der Waals surface area contributed by atoms with Crippen molar-refractivity contribution >= 4 is 51.9 Å². The molecule has 0 bridgehead atoms. The van der Waals surface area contributed by atoms with Crippen LogP contribution in [0.25, 0.3) is 6.08 Å². The average molecular weight is 479 g/mol. The van der Waals surface area contributed by atoms with Gasteiger partial charge >= 0.3 is 0 Å². The van der Waals surface area contributed by atoms with Crippen LogP contribution in [0, 0.1) is 21.8 Å². The van der Waals surface area contributed by atoms with Crippen molar-refractivity contribution in [3.63, 3.8) is 0 Å². The molecule has 0 heterocycles. The zero-order chi connectivity index (χ0) is 19.1. The number of carbonyl (C=O) groups is 1. The second-order valence-corrected chi connectivity index (χ2v) is 6.97. The van der Waals surface area contributed by atoms with Crippen LogP contribution in [0.4, 0.5) is 5.69 Å². The number of carbonyl (C=O) groups excluding carboxylic acids is 1. The standard InChI is InChI=1S/C20H16ClIN2O2/c1-3-8-26-19-7-5-14(10-17(19)22)9-15(12-23)20(25)24-18-11-16(21)6-4-13(18)2/h3-7,9-11H,1,8H2,2H3,(H,24,25)/b15-9+. The molecule has 0 aliphatic carbocycles. The van der Waals surface area contributed by atoms with Gasteiger partial charge in [-0.3, -0.25) is 4.79 Å². The monoisotopic (exact) mass is 478 g/mol. The summed E-state index contributed by atoms with van der Waals surface area (Å²) < 4.78 is 6.40. The Balaban J connectivity index is 2.23. The Morgan fingerprint density at radius 3 is 2.81 bits per heavy atom. The van der Waals surface area contributed by atoms with E-state index in [1.807, 2.05) is 19.1 Å². The number of aryl methyl sites for hydroxylation is 1. The summed E-state index contributed by atoms with van der Waals surface area (Å²) in [6.07, 6.45) is 3.20. The van der Waals surface area contributed by atoms with Crippen molar-refractivity contribution in [1.82, 2.24) is 0 Å². The van der Waals surface area contributed by atoms with E-state index < -0.39 is 5.91 Å². The molecule has 0 saturated carbocycles. The Kier molecular flexibility index (Phi) is 7.25. The molecule has 0 atom stereocenters. The van der Waals surface area contributed by atoms with Gasteiger partial charge in [-0.15, -0.1) is 0 Å². The van der Waals surface area contributed by atoms with Crippen molar-refractivity contribution in [2.24, 2.45) is 0 Å². The first-order valence-electron chi connectivity index (χ1n) is 7.67. The van der Waals surface area contributed by atoms with E-state index in [4.69, 9.17) is 16.3 Å². The topological polar surface area (TPSA) is 62.1 Å². The molecule has 2 aromatic carbocycles. The predicted octanol–water partition coefficient (Wildman–Crippen LogP) is 5.36. The number of ether oxygens (including phenoxy) is 1. The number of nitrogens with one attached hydrogen (secondary N) is 1. The molecule has 0 radical (unpaired) electrons. The molecule has 0 spiro atoms. The van der Waals surface area contributed by atoms with Gasteiger partial charge in [0.05, 0.1) is 3.57 Å². The number of nitriles is 1. The lowest BCUT2D eigenvalue weighted by Gasteiger charge is -2.09. The Labute approximate surface area is 171 Å². The highest BCUT2D eigenvalue weighted by atomic mass is 127. The van der Waals surface area contributed by atoms with E-state index in [0.29, 0.717) is 17.3 Å². The Bertz CT molecular complexity index is 917. The summed E-state index contributed by atoms with van der Waals surface area (Å²) in [5, 5.41) is 12.6. The SMILES string of the molecule is C=CCOc1ccc(/C=C(\C#N)C(=O)Nc2cc(Cl)ccc2C)cc1I. The van der Waals surface area contributed by atoms with Crippen LogP contribution >= 0.6 is 34.2 Å². The van der Waals surface area contributed by atoms with Gasteiger partial charge in [-0.2, -0.15) is 5.26 Å². The van der Waals surface area contributed by atoms with Crippen LogP contribution in [-0.2, 0) is 4.79 Å². The quantitative estimate of drug-likeness (QED) is 0.263. The first kappa shape index (κ1) is 20.0. The summed E-state index contributed by atoms with van der Waals surface area (Å²) in [5.74, 6) is 0.236. The lowest BCUT2D eigenvalue weighted by molar-refractivity contribution is -0.112. The van der Waals surface area contributed by atoms with E-state index in [1.165, 1.54) is 6.08 Å². The van der Waals surface area contributed by atoms with Gasteiger partial charge < -0.3 is 10.1 Å². The molecule has 0 aliphatic rings. The molecule has 0 fully saturated rings. The third kappa shape index (κ3) is 5.35. The fourth-order valence-electron chi connectivity index (χ4n) is 2.11. The van der Waals surface area contributed by atoms with Crippen molar-refractivity contribution in [2.75, 3.05) is 11.9 Å². The van der Waals surface area contributed by atoms with Gasteiger partial charge in [-0.25, -0.2) is 0 Å². The number of hydrogen-bond acceptors (Lipinski definition) is 3. The van der Waals surface area contributed by atoms with Gasteiger partial charge in [0.25, 0.3) is 5.91 Å². The molecule has 1 amide bonds. The Hall–Kier alpha value is -2.30. The van der Waals surface area contributed by atoms with Crippen LogP contribution in [0.2, 0.25) is 5.02 Å². The molecule has 6 heteroatoms. The molecular weight excluding hydrogens is 463 g/mol. The maximum Gasteiger partial charge on any atom is 0.266 e. The largest absolute Gasteiger partial charge is 0.488 e. The predicted molar refractivity (Wildman–Crippen MR) is 113 cm³/mol. The third-order valence-electron chi connectivity index (χ3n) is 3.44. The lowest BCUT2D eigenvalue weighted by atomic mass is 10.1. The Morgan fingerprint density at radius 2 is 2.15 bits per heavy atom. The first-order valence-corrected chi connectivity index (χ1v) is 9.13. The smallest absolute Gasteiger partial charge is 0.266 e. The molecule has 26 heavy (non-hydrogen) atoms. The minimum atomic E-state index is -0.486. The summed E-state index contributed by atoms with van der Waals surface area (Å²) in [6, 6.07) is 12.6.